The quantitative estimate of drug-likeness (QED) is 0.529. The molecule has 0 N–H and O–H groups in total. The average Bonchev–Trinajstić information content (AvgIpc) is 3.38. The average molecular weight is 502 g/mol. The van der Waals surface area contributed by atoms with Gasteiger partial charge in [-0.1, -0.05) is 6.08 Å². The van der Waals surface area contributed by atoms with E-state index in [9.17, 15) is 18.0 Å². The molecule has 1 aliphatic carbocycles. The molecule has 2 aliphatic rings. The van der Waals surface area contributed by atoms with E-state index in [4.69, 9.17) is 21.9 Å². The number of pyridine rings is 1. The molecule has 2 aromatic rings. The van der Waals surface area contributed by atoms with Crippen molar-refractivity contribution in [2.24, 2.45) is 11.8 Å². The number of nitriles is 1. The molecule has 1 fully saturated rings. The lowest BCUT2D eigenvalue weighted by Crippen LogP contribution is -2.44. The molecule has 0 spiro atoms. The molecule has 2 aromatic heterocycles. The fraction of sp³-hybridized carbons (Fsp3) is 0.375. The first-order valence-corrected chi connectivity index (χ1v) is 11.3. The van der Waals surface area contributed by atoms with Crippen molar-refractivity contribution in [3.05, 3.63) is 66.3 Å². The van der Waals surface area contributed by atoms with E-state index in [1.165, 1.54) is 12.3 Å². The van der Waals surface area contributed by atoms with Crippen molar-refractivity contribution < 1.29 is 22.4 Å². The summed E-state index contributed by atoms with van der Waals surface area (Å²) in [6.07, 6.45) is 5.64. The number of aromatic nitrogens is 2. The number of rotatable bonds is 6. The van der Waals surface area contributed by atoms with Crippen LogP contribution in [0.3, 0.4) is 0 Å². The number of amides is 1. The van der Waals surface area contributed by atoms with E-state index in [1.54, 1.807) is 43.3 Å². The number of anilines is 1. The Morgan fingerprint density at radius 2 is 2.03 bits per heavy atom. The summed E-state index contributed by atoms with van der Waals surface area (Å²) in [5, 5.41) is 9.17. The van der Waals surface area contributed by atoms with Gasteiger partial charge in [0.05, 0.1) is 36.0 Å². The predicted molar refractivity (Wildman–Crippen MR) is 125 cm³/mol. The molecule has 4 rings (SSSR count). The first kappa shape index (κ1) is 24.6. The van der Waals surface area contributed by atoms with Gasteiger partial charge in [0.2, 0.25) is 0 Å². The first-order chi connectivity index (χ1) is 16.5. The molecule has 1 aliphatic heterocycles. The van der Waals surface area contributed by atoms with E-state index in [0.29, 0.717) is 24.4 Å². The molecular weight excluding hydrogens is 479 g/mol. The SMILES string of the molecule is CC1(C)C(=O)N(C2=CC(C(F)(F)F)C(C#N)C=C2)C(=S)N1c1ccc(CCCc2ncco2)nc1. The fourth-order valence-electron chi connectivity index (χ4n) is 4.19. The zero-order valence-corrected chi connectivity index (χ0v) is 19.8. The van der Waals surface area contributed by atoms with Crippen LogP contribution in [0.2, 0.25) is 0 Å². The number of carbonyl (C=O) groups excluding carboxylic acids is 1. The minimum atomic E-state index is -4.64. The maximum Gasteiger partial charge on any atom is 0.396 e. The van der Waals surface area contributed by atoms with Crippen LogP contribution in [0.5, 0.6) is 0 Å². The molecule has 1 saturated heterocycles. The summed E-state index contributed by atoms with van der Waals surface area (Å²) in [5.74, 6) is -3.21. The standard InChI is InChI=1S/C24H22F3N5O2S/c1-23(2)21(33)31(17-8-6-15(13-28)19(12-17)24(25,26)27)22(35)32(23)18-9-7-16(30-14-18)4-3-5-20-29-10-11-34-20/h6-12,14-15,19H,3-5H2,1-2H3. The Morgan fingerprint density at radius 1 is 1.26 bits per heavy atom. The molecule has 0 radical (unpaired) electrons. The molecule has 2 unspecified atom stereocenters. The van der Waals surface area contributed by atoms with E-state index in [-0.39, 0.29) is 10.8 Å². The monoisotopic (exact) mass is 501 g/mol. The highest BCUT2D eigenvalue weighted by molar-refractivity contribution is 7.80. The summed E-state index contributed by atoms with van der Waals surface area (Å²) >= 11 is 5.55. The van der Waals surface area contributed by atoms with Crippen LogP contribution >= 0.6 is 12.2 Å². The number of oxazole rings is 1. The number of carbonyl (C=O) groups is 1. The van der Waals surface area contributed by atoms with Crippen LogP contribution in [0.1, 0.15) is 31.9 Å². The lowest BCUT2D eigenvalue weighted by Gasteiger charge is -2.29. The summed E-state index contributed by atoms with van der Waals surface area (Å²) < 4.78 is 45.8. The van der Waals surface area contributed by atoms with Crippen molar-refractivity contribution in [3.63, 3.8) is 0 Å². The highest BCUT2D eigenvalue weighted by atomic mass is 32.1. The summed E-state index contributed by atoms with van der Waals surface area (Å²) in [6.45, 7) is 3.30. The van der Waals surface area contributed by atoms with Crippen molar-refractivity contribution in [3.8, 4) is 6.07 Å². The second-order valence-electron chi connectivity index (χ2n) is 8.78. The molecule has 7 nitrogen and oxygen atoms in total. The van der Waals surface area contributed by atoms with E-state index in [1.807, 2.05) is 6.07 Å². The third-order valence-corrected chi connectivity index (χ3v) is 6.40. The number of hydrogen-bond acceptors (Lipinski definition) is 6. The summed E-state index contributed by atoms with van der Waals surface area (Å²) in [4.78, 5) is 24.5. The second-order valence-corrected chi connectivity index (χ2v) is 9.14. The second kappa shape index (κ2) is 9.26. The maximum absolute atomic E-state index is 13.5. The van der Waals surface area contributed by atoms with E-state index >= 15 is 0 Å². The summed E-state index contributed by atoms with van der Waals surface area (Å²) in [5.41, 5.74) is 0.232. The summed E-state index contributed by atoms with van der Waals surface area (Å²) in [7, 11) is 0. The Bertz CT molecular complexity index is 1210. The van der Waals surface area contributed by atoms with Crippen LogP contribution < -0.4 is 4.90 Å². The highest BCUT2D eigenvalue weighted by Crippen LogP contribution is 2.41. The van der Waals surface area contributed by atoms with Crippen LogP contribution in [-0.2, 0) is 17.6 Å². The number of hydrogen-bond donors (Lipinski definition) is 0. The van der Waals surface area contributed by atoms with Crippen molar-refractivity contribution in [1.82, 2.24) is 14.9 Å². The largest absolute Gasteiger partial charge is 0.449 e. The van der Waals surface area contributed by atoms with Gasteiger partial charge in [-0.3, -0.25) is 14.7 Å². The van der Waals surface area contributed by atoms with Crippen LogP contribution in [0, 0.1) is 23.2 Å². The Labute approximate surface area is 205 Å². The molecule has 35 heavy (non-hydrogen) atoms. The normalized spacial score (nSPS) is 21.9. The molecule has 2 atom stereocenters. The molecule has 0 saturated carbocycles. The lowest BCUT2D eigenvalue weighted by molar-refractivity contribution is -0.166. The minimum absolute atomic E-state index is 0.000477. The lowest BCUT2D eigenvalue weighted by atomic mass is 9.87. The smallest absolute Gasteiger partial charge is 0.396 e. The van der Waals surface area contributed by atoms with Gasteiger partial charge < -0.3 is 9.32 Å². The van der Waals surface area contributed by atoms with E-state index < -0.39 is 29.5 Å². The van der Waals surface area contributed by atoms with Gasteiger partial charge in [0.1, 0.15) is 11.8 Å². The highest BCUT2D eigenvalue weighted by Gasteiger charge is 2.52. The Balaban J connectivity index is 1.54. The number of aryl methyl sites for hydroxylation is 2. The fourth-order valence-corrected chi connectivity index (χ4v) is 4.71. The van der Waals surface area contributed by atoms with Gasteiger partial charge in [0.15, 0.2) is 11.0 Å². The van der Waals surface area contributed by atoms with Gasteiger partial charge in [0.25, 0.3) is 5.91 Å². The van der Waals surface area contributed by atoms with Gasteiger partial charge in [0, 0.05) is 17.8 Å². The number of nitrogens with zero attached hydrogens (tertiary/aromatic N) is 5. The predicted octanol–water partition coefficient (Wildman–Crippen LogP) is 4.73. The van der Waals surface area contributed by atoms with Gasteiger partial charge in [-0.2, -0.15) is 18.4 Å². The molecule has 1 amide bonds. The van der Waals surface area contributed by atoms with E-state index in [0.717, 1.165) is 29.2 Å². The maximum atomic E-state index is 13.5. The molecule has 182 valence electrons. The Kier molecular flexibility index (Phi) is 6.51. The molecular formula is C24H22F3N5O2S. The van der Waals surface area contributed by atoms with Crippen LogP contribution in [-0.4, -0.2) is 37.6 Å². The van der Waals surface area contributed by atoms with Gasteiger partial charge in [-0.15, -0.1) is 0 Å². The number of thiocarbonyl (C=S) groups is 1. The van der Waals surface area contributed by atoms with Crippen molar-refractivity contribution in [2.45, 2.75) is 44.8 Å². The molecule has 3 heterocycles. The number of alkyl halides is 3. The van der Waals surface area contributed by atoms with Crippen molar-refractivity contribution in [2.75, 3.05) is 4.90 Å². The number of halogens is 3. The Morgan fingerprint density at radius 3 is 2.63 bits per heavy atom. The van der Waals surface area contributed by atoms with Crippen molar-refractivity contribution >= 4 is 28.9 Å². The van der Waals surface area contributed by atoms with Gasteiger partial charge in [-0.05, 0) is 63.2 Å². The third-order valence-electron chi connectivity index (χ3n) is 6.04. The molecule has 11 heteroatoms. The topological polar surface area (TPSA) is 86.3 Å². The van der Waals surface area contributed by atoms with Crippen LogP contribution in [0.25, 0.3) is 0 Å². The van der Waals surface area contributed by atoms with Crippen molar-refractivity contribution in [1.29, 1.82) is 5.26 Å². The zero-order chi connectivity index (χ0) is 25.4. The Hall–Kier alpha value is -3.52. The molecule has 0 aromatic carbocycles. The number of allylic oxidation sites excluding steroid dienone is 3. The van der Waals surface area contributed by atoms with E-state index in [2.05, 4.69) is 9.97 Å². The van der Waals surface area contributed by atoms with Crippen LogP contribution in [0.4, 0.5) is 18.9 Å². The zero-order valence-electron chi connectivity index (χ0n) is 19.0. The van der Waals surface area contributed by atoms with Gasteiger partial charge in [-0.25, -0.2) is 4.98 Å². The van der Waals surface area contributed by atoms with Gasteiger partial charge >= 0.3 is 6.18 Å². The third kappa shape index (κ3) is 4.71. The first-order valence-electron chi connectivity index (χ1n) is 10.9. The summed E-state index contributed by atoms with van der Waals surface area (Å²) in [6, 6.07) is 5.27. The molecule has 0 bridgehead atoms. The minimum Gasteiger partial charge on any atom is -0.449 e. The van der Waals surface area contributed by atoms with Crippen LogP contribution in [0.15, 0.2) is 59.1 Å².